The smallest absolute Gasteiger partial charge is 0.166 e. The maximum atomic E-state index is 10.9. The summed E-state index contributed by atoms with van der Waals surface area (Å²) >= 11 is 1.41. The Labute approximate surface area is 168 Å². The molecule has 0 amide bonds. The van der Waals surface area contributed by atoms with Crippen molar-refractivity contribution < 1.29 is 25.3 Å². The van der Waals surface area contributed by atoms with Gasteiger partial charge in [0.2, 0.25) is 0 Å². The van der Waals surface area contributed by atoms with E-state index in [-0.39, 0.29) is 10.9 Å². The molecule has 0 aliphatic carbocycles. The zero-order valence-corrected chi connectivity index (χ0v) is 15.8. The van der Waals surface area contributed by atoms with Crippen LogP contribution in [0.5, 0.6) is 0 Å². The lowest BCUT2D eigenvalue weighted by molar-refractivity contribution is -0.0511. The molecule has 1 aromatic carbocycles. The van der Waals surface area contributed by atoms with Crippen LogP contribution >= 0.6 is 11.8 Å². The minimum absolute atomic E-state index is 0.139. The van der Waals surface area contributed by atoms with Crippen LogP contribution in [0, 0.1) is 5.21 Å². The number of anilines is 1. The van der Waals surface area contributed by atoms with Crippen molar-refractivity contribution in [1.29, 1.82) is 0 Å². The minimum Gasteiger partial charge on any atom is -0.733 e. The molecule has 1 saturated heterocycles. The molecule has 3 aromatic rings. The van der Waals surface area contributed by atoms with E-state index < -0.39 is 31.1 Å². The third kappa shape index (κ3) is 3.79. The summed E-state index contributed by atoms with van der Waals surface area (Å²) in [6.07, 6.45) is -1.46. The molecule has 4 atom stereocenters. The Hall–Kier alpha value is -2.32. The molecule has 1 fully saturated rings. The average molecular weight is 420 g/mol. The number of hydrogen-bond donors (Lipinski definition) is 4. The molecule has 29 heavy (non-hydrogen) atoms. The van der Waals surface area contributed by atoms with Crippen molar-refractivity contribution in [2.75, 3.05) is 11.8 Å². The van der Waals surface area contributed by atoms with Crippen LogP contribution in [0.1, 0.15) is 11.8 Å². The normalized spacial score (nSPS) is 24.3. The minimum atomic E-state index is -1.23. The number of ether oxygens (including phenoxy) is 1. The quantitative estimate of drug-likeness (QED) is 0.249. The van der Waals surface area contributed by atoms with Gasteiger partial charge in [-0.3, -0.25) is 9.77 Å². The Balaban J connectivity index is 1.55. The Morgan fingerprint density at radius 1 is 1.14 bits per heavy atom. The molecule has 12 heteroatoms. The van der Waals surface area contributed by atoms with Crippen LogP contribution in [0.3, 0.4) is 0 Å². The summed E-state index contributed by atoms with van der Waals surface area (Å²) in [6.45, 7) is -0.420. The highest BCUT2D eigenvalue weighted by atomic mass is 32.2. The van der Waals surface area contributed by atoms with E-state index in [0.717, 1.165) is 5.56 Å². The second-order valence-corrected chi connectivity index (χ2v) is 7.42. The van der Waals surface area contributed by atoms with Crippen molar-refractivity contribution in [3.8, 4) is 0 Å². The predicted octanol–water partition coefficient (Wildman–Crippen LogP) is 0.423. The molecular formula is C17H18N5O6S-. The van der Waals surface area contributed by atoms with Crippen LogP contribution in [-0.2, 0) is 10.5 Å². The monoisotopic (exact) mass is 420 g/mol. The molecule has 154 valence electrons. The Kier molecular flexibility index (Phi) is 5.65. The van der Waals surface area contributed by atoms with Crippen molar-refractivity contribution in [2.24, 2.45) is 0 Å². The van der Waals surface area contributed by atoms with E-state index in [0.29, 0.717) is 21.9 Å². The lowest BCUT2D eigenvalue weighted by atomic mass is 10.1. The third-order valence-corrected chi connectivity index (χ3v) is 5.70. The first-order valence-corrected chi connectivity index (χ1v) is 9.66. The van der Waals surface area contributed by atoms with Gasteiger partial charge in [0.15, 0.2) is 11.9 Å². The van der Waals surface area contributed by atoms with E-state index in [1.165, 1.54) is 41.1 Å². The lowest BCUT2D eigenvalue weighted by Gasteiger charge is -2.21. The molecule has 0 unspecified atom stereocenters. The second kappa shape index (κ2) is 8.20. The van der Waals surface area contributed by atoms with Gasteiger partial charge in [-0.2, -0.15) is 0 Å². The summed E-state index contributed by atoms with van der Waals surface area (Å²) in [4.78, 5) is 12.8. The van der Waals surface area contributed by atoms with Gasteiger partial charge < -0.3 is 30.5 Å². The summed E-state index contributed by atoms with van der Waals surface area (Å²) in [5, 5.41) is 49.6. The average Bonchev–Trinajstić information content (AvgIpc) is 3.28. The molecule has 0 saturated carbocycles. The summed E-state index contributed by atoms with van der Waals surface area (Å²) in [7, 11) is 0. The van der Waals surface area contributed by atoms with Crippen molar-refractivity contribution in [3.63, 3.8) is 0 Å². The van der Waals surface area contributed by atoms with Crippen LogP contribution in [-0.4, -0.2) is 65.0 Å². The maximum absolute atomic E-state index is 10.9. The predicted molar refractivity (Wildman–Crippen MR) is 102 cm³/mol. The summed E-state index contributed by atoms with van der Waals surface area (Å²) in [5.74, 6) is 0.539. The molecule has 1 aliphatic rings. The van der Waals surface area contributed by atoms with E-state index in [4.69, 9.17) is 9.94 Å². The zero-order valence-electron chi connectivity index (χ0n) is 14.9. The highest BCUT2D eigenvalue weighted by Gasteiger charge is 2.44. The molecule has 4 N–H and O–H groups in total. The molecule has 3 heterocycles. The second-order valence-electron chi connectivity index (χ2n) is 6.46. The molecule has 2 aromatic heterocycles. The highest BCUT2D eigenvalue weighted by molar-refractivity contribution is 7.98. The van der Waals surface area contributed by atoms with Crippen LogP contribution in [0.15, 0.2) is 41.9 Å². The fraction of sp³-hybridized carbons (Fsp3) is 0.353. The van der Waals surface area contributed by atoms with Gasteiger partial charge in [0.25, 0.3) is 0 Å². The van der Waals surface area contributed by atoms with Gasteiger partial charge in [0, 0.05) is 5.75 Å². The molecule has 11 nitrogen and oxygen atoms in total. The Bertz CT molecular complexity index is 984. The Morgan fingerprint density at radius 2 is 1.90 bits per heavy atom. The Morgan fingerprint density at radius 3 is 2.55 bits per heavy atom. The van der Waals surface area contributed by atoms with E-state index >= 15 is 0 Å². The fourth-order valence-corrected chi connectivity index (χ4v) is 4.00. The molecule has 1 aliphatic heterocycles. The standard InChI is InChI=1S/C17H18N5O6S/c23-5-11-13(24)14(25)17(28-11)21-8-20-12-15(21)18-7-19-16(12)29-6-9-1-3-10(4-2-9)22(26)27/h1-4,7-8,11,13-14,17,23-26H,5-6H2/q-1/t11-,13-,14-,17-/m1/s1. The number of imidazole rings is 1. The molecular weight excluding hydrogens is 402 g/mol. The van der Waals surface area contributed by atoms with E-state index in [1.54, 1.807) is 12.1 Å². The first-order chi connectivity index (χ1) is 14.0. The van der Waals surface area contributed by atoms with E-state index in [1.807, 2.05) is 0 Å². The van der Waals surface area contributed by atoms with Gasteiger partial charge in [-0.25, -0.2) is 15.0 Å². The SMILES string of the molecule is [O-]N(O)c1ccc(CSc2ncnc3c2ncn3[C@@H]2O[C@H](CO)[C@@H](O)[C@H]2O)cc1. The maximum Gasteiger partial charge on any atom is 0.166 e. The number of thioether (sulfide) groups is 1. The number of aromatic nitrogens is 4. The van der Waals surface area contributed by atoms with Crippen LogP contribution in [0.2, 0.25) is 0 Å². The number of fused-ring (bicyclic) bond motifs is 1. The van der Waals surface area contributed by atoms with Crippen LogP contribution < -0.4 is 5.23 Å². The van der Waals surface area contributed by atoms with Crippen molar-refractivity contribution >= 4 is 28.6 Å². The largest absolute Gasteiger partial charge is 0.733 e. The molecule has 4 rings (SSSR count). The topological polar surface area (TPSA) is 160 Å². The molecule has 0 bridgehead atoms. The van der Waals surface area contributed by atoms with Crippen molar-refractivity contribution in [3.05, 3.63) is 47.7 Å². The third-order valence-electron chi connectivity index (χ3n) is 4.65. The fourth-order valence-electron chi connectivity index (χ4n) is 3.10. The molecule has 0 radical (unpaired) electrons. The zero-order chi connectivity index (χ0) is 20.5. The van der Waals surface area contributed by atoms with Crippen LogP contribution in [0.4, 0.5) is 5.69 Å². The first kappa shape index (κ1) is 20.0. The van der Waals surface area contributed by atoms with Gasteiger partial charge in [-0.05, 0) is 17.7 Å². The number of hydrogen-bond acceptors (Lipinski definition) is 11. The van der Waals surface area contributed by atoms with E-state index in [2.05, 4.69) is 15.0 Å². The van der Waals surface area contributed by atoms with Crippen LogP contribution in [0.25, 0.3) is 11.2 Å². The van der Waals surface area contributed by atoms with Crippen molar-refractivity contribution in [2.45, 2.75) is 35.3 Å². The number of aliphatic hydroxyl groups excluding tert-OH is 3. The number of nitrogens with zero attached hydrogens (tertiary/aromatic N) is 5. The molecule has 0 spiro atoms. The summed E-state index contributed by atoms with van der Waals surface area (Å²) in [6, 6.07) is 6.46. The lowest BCUT2D eigenvalue weighted by Crippen LogP contribution is -2.33. The van der Waals surface area contributed by atoms with E-state index in [9.17, 15) is 20.5 Å². The summed E-state index contributed by atoms with van der Waals surface area (Å²) in [5.41, 5.74) is 1.98. The van der Waals surface area contributed by atoms with Gasteiger partial charge >= 0.3 is 0 Å². The number of benzene rings is 1. The highest BCUT2D eigenvalue weighted by Crippen LogP contribution is 2.33. The summed E-state index contributed by atoms with van der Waals surface area (Å²) < 4.78 is 7.05. The van der Waals surface area contributed by atoms with Gasteiger partial charge in [0.05, 0.1) is 18.6 Å². The number of rotatable bonds is 6. The van der Waals surface area contributed by atoms with Gasteiger partial charge in [0.1, 0.15) is 35.2 Å². The number of aliphatic hydroxyl groups is 3. The van der Waals surface area contributed by atoms with Gasteiger partial charge in [-0.15, -0.1) is 0 Å². The first-order valence-electron chi connectivity index (χ1n) is 8.67. The van der Waals surface area contributed by atoms with Gasteiger partial charge in [-0.1, -0.05) is 23.9 Å². The van der Waals surface area contributed by atoms with Crippen molar-refractivity contribution in [1.82, 2.24) is 19.5 Å².